The summed E-state index contributed by atoms with van der Waals surface area (Å²) < 4.78 is 0. The van der Waals surface area contributed by atoms with Crippen LogP contribution < -0.4 is 11.1 Å². The molecular weight excluding hydrogens is 230 g/mol. The Kier molecular flexibility index (Phi) is 5.17. The fraction of sp³-hybridized carbons (Fsp3) is 0.385. The molecule has 0 aliphatic carbocycles. The van der Waals surface area contributed by atoms with Crippen molar-refractivity contribution in [3.05, 3.63) is 29.8 Å². The maximum atomic E-state index is 11.9. The zero-order valence-electron chi connectivity index (χ0n) is 10.8. The van der Waals surface area contributed by atoms with E-state index in [1.165, 1.54) is 0 Å². The summed E-state index contributed by atoms with van der Waals surface area (Å²) in [5.74, 6) is -0.0780. The van der Waals surface area contributed by atoms with Gasteiger partial charge in [0.25, 0.3) is 0 Å². The Hall–Kier alpha value is -2.04. The Bertz CT molecular complexity index is 415. The second-order valence-electron chi connectivity index (χ2n) is 4.16. The molecule has 0 radical (unpaired) electrons. The van der Waals surface area contributed by atoms with Crippen LogP contribution in [0.25, 0.3) is 0 Å². The lowest BCUT2D eigenvalue weighted by Gasteiger charge is -2.16. The predicted octanol–water partition coefficient (Wildman–Crippen LogP) is 0.406. The molecule has 18 heavy (non-hydrogen) atoms. The van der Waals surface area contributed by atoms with E-state index in [0.717, 1.165) is 5.56 Å². The number of nitrogens with two attached hydrogens (primary N) is 1. The van der Waals surface area contributed by atoms with Crippen molar-refractivity contribution >= 4 is 17.5 Å². The van der Waals surface area contributed by atoms with Gasteiger partial charge in [0.1, 0.15) is 0 Å². The van der Waals surface area contributed by atoms with Gasteiger partial charge in [-0.05, 0) is 17.7 Å². The van der Waals surface area contributed by atoms with Gasteiger partial charge in [0.05, 0.1) is 6.42 Å². The van der Waals surface area contributed by atoms with Gasteiger partial charge in [0.2, 0.25) is 11.8 Å². The third-order valence-corrected chi connectivity index (χ3v) is 2.71. The first-order valence-electron chi connectivity index (χ1n) is 5.82. The number of benzene rings is 1. The standard InChI is InChI=1S/C13H19N3O2/c1-15-12(17)7-8-16(2)13(18)9-10-3-5-11(14)6-4-10/h3-6H,7-9,14H2,1-2H3,(H,15,17). The molecule has 3 N–H and O–H groups in total. The molecule has 0 saturated heterocycles. The third kappa shape index (κ3) is 4.45. The van der Waals surface area contributed by atoms with E-state index in [0.29, 0.717) is 25.1 Å². The van der Waals surface area contributed by atoms with E-state index in [4.69, 9.17) is 5.73 Å². The largest absolute Gasteiger partial charge is 0.399 e. The van der Waals surface area contributed by atoms with Crippen LogP contribution in [0.15, 0.2) is 24.3 Å². The van der Waals surface area contributed by atoms with Crippen LogP contribution in [0.5, 0.6) is 0 Å². The van der Waals surface area contributed by atoms with Crippen molar-refractivity contribution in [2.75, 3.05) is 26.4 Å². The van der Waals surface area contributed by atoms with Gasteiger partial charge in [-0.15, -0.1) is 0 Å². The van der Waals surface area contributed by atoms with Crippen molar-refractivity contribution in [3.63, 3.8) is 0 Å². The van der Waals surface area contributed by atoms with Gasteiger partial charge in [0, 0.05) is 32.7 Å². The maximum Gasteiger partial charge on any atom is 0.226 e. The number of amides is 2. The van der Waals surface area contributed by atoms with Crippen LogP contribution in [-0.2, 0) is 16.0 Å². The molecule has 0 bridgehead atoms. The average Bonchev–Trinajstić information content (AvgIpc) is 2.38. The summed E-state index contributed by atoms with van der Waals surface area (Å²) in [5, 5.41) is 2.52. The van der Waals surface area contributed by atoms with Crippen LogP contribution in [-0.4, -0.2) is 37.4 Å². The number of likely N-dealkylation sites (N-methyl/N-ethyl adjacent to an activating group) is 1. The van der Waals surface area contributed by atoms with Gasteiger partial charge in [-0.3, -0.25) is 9.59 Å². The van der Waals surface area contributed by atoms with Crippen molar-refractivity contribution in [1.29, 1.82) is 0 Å². The molecule has 5 nitrogen and oxygen atoms in total. The number of carbonyl (C=O) groups is 2. The number of nitrogen functional groups attached to an aromatic ring is 1. The van der Waals surface area contributed by atoms with Crippen molar-refractivity contribution in [1.82, 2.24) is 10.2 Å². The smallest absolute Gasteiger partial charge is 0.226 e. The number of carbonyl (C=O) groups excluding carboxylic acids is 2. The number of hydrogen-bond donors (Lipinski definition) is 2. The summed E-state index contributed by atoms with van der Waals surface area (Å²) in [7, 11) is 3.28. The van der Waals surface area contributed by atoms with Crippen LogP contribution in [0.1, 0.15) is 12.0 Å². The lowest BCUT2D eigenvalue weighted by Crippen LogP contribution is -2.32. The van der Waals surface area contributed by atoms with E-state index in [1.807, 2.05) is 12.1 Å². The molecule has 0 aromatic heterocycles. The predicted molar refractivity (Wildman–Crippen MR) is 70.9 cm³/mol. The van der Waals surface area contributed by atoms with Gasteiger partial charge in [0.15, 0.2) is 0 Å². The zero-order valence-corrected chi connectivity index (χ0v) is 10.8. The molecule has 5 heteroatoms. The molecule has 98 valence electrons. The van der Waals surface area contributed by atoms with Crippen LogP contribution in [0.2, 0.25) is 0 Å². The molecule has 2 amide bonds. The molecule has 0 aliphatic heterocycles. The van der Waals surface area contributed by atoms with E-state index in [9.17, 15) is 9.59 Å². The van der Waals surface area contributed by atoms with Gasteiger partial charge in [-0.25, -0.2) is 0 Å². The van der Waals surface area contributed by atoms with E-state index in [-0.39, 0.29) is 11.8 Å². The zero-order chi connectivity index (χ0) is 13.5. The second kappa shape index (κ2) is 6.64. The Balaban J connectivity index is 2.44. The highest BCUT2D eigenvalue weighted by Crippen LogP contribution is 2.07. The molecule has 0 fully saturated rings. The first kappa shape index (κ1) is 14.0. The van der Waals surface area contributed by atoms with E-state index in [1.54, 1.807) is 31.1 Å². The first-order chi connectivity index (χ1) is 8.52. The number of nitrogens with one attached hydrogen (secondary N) is 1. The quantitative estimate of drug-likeness (QED) is 0.742. The maximum absolute atomic E-state index is 11.9. The molecular formula is C13H19N3O2. The average molecular weight is 249 g/mol. The minimum Gasteiger partial charge on any atom is -0.399 e. The lowest BCUT2D eigenvalue weighted by atomic mass is 10.1. The minimum atomic E-state index is -0.0675. The summed E-state index contributed by atoms with van der Waals surface area (Å²) in [4.78, 5) is 24.5. The Morgan fingerprint density at radius 3 is 2.44 bits per heavy atom. The van der Waals surface area contributed by atoms with Gasteiger partial charge in [-0.2, -0.15) is 0 Å². The SMILES string of the molecule is CNC(=O)CCN(C)C(=O)Cc1ccc(N)cc1. The fourth-order valence-electron chi connectivity index (χ4n) is 1.46. The monoisotopic (exact) mass is 249 g/mol. The van der Waals surface area contributed by atoms with Gasteiger partial charge < -0.3 is 16.0 Å². The van der Waals surface area contributed by atoms with Crippen molar-refractivity contribution in [2.45, 2.75) is 12.8 Å². The third-order valence-electron chi connectivity index (χ3n) is 2.71. The Morgan fingerprint density at radius 2 is 1.89 bits per heavy atom. The van der Waals surface area contributed by atoms with Crippen molar-refractivity contribution in [3.8, 4) is 0 Å². The molecule has 1 aromatic rings. The minimum absolute atomic E-state index is 0.0105. The summed E-state index contributed by atoms with van der Waals surface area (Å²) in [5.41, 5.74) is 7.17. The normalized spacial score (nSPS) is 9.89. The highest BCUT2D eigenvalue weighted by molar-refractivity contribution is 5.80. The van der Waals surface area contributed by atoms with E-state index < -0.39 is 0 Å². The molecule has 0 heterocycles. The fourth-order valence-corrected chi connectivity index (χ4v) is 1.46. The number of anilines is 1. The highest BCUT2D eigenvalue weighted by Gasteiger charge is 2.10. The van der Waals surface area contributed by atoms with Crippen LogP contribution in [0, 0.1) is 0 Å². The molecule has 1 aromatic carbocycles. The molecule has 1 rings (SSSR count). The first-order valence-corrected chi connectivity index (χ1v) is 5.82. The lowest BCUT2D eigenvalue weighted by molar-refractivity contribution is -0.129. The Morgan fingerprint density at radius 1 is 1.28 bits per heavy atom. The van der Waals surface area contributed by atoms with Gasteiger partial charge in [-0.1, -0.05) is 12.1 Å². The van der Waals surface area contributed by atoms with Crippen LogP contribution >= 0.6 is 0 Å². The van der Waals surface area contributed by atoms with Crippen LogP contribution in [0.3, 0.4) is 0 Å². The number of rotatable bonds is 5. The van der Waals surface area contributed by atoms with Crippen molar-refractivity contribution in [2.24, 2.45) is 0 Å². The van der Waals surface area contributed by atoms with Crippen LogP contribution in [0.4, 0.5) is 5.69 Å². The van der Waals surface area contributed by atoms with E-state index in [2.05, 4.69) is 5.32 Å². The van der Waals surface area contributed by atoms with Gasteiger partial charge >= 0.3 is 0 Å². The Labute approximate surface area is 107 Å². The molecule has 0 unspecified atom stereocenters. The number of hydrogen-bond acceptors (Lipinski definition) is 3. The second-order valence-corrected chi connectivity index (χ2v) is 4.16. The highest BCUT2D eigenvalue weighted by atomic mass is 16.2. The van der Waals surface area contributed by atoms with E-state index >= 15 is 0 Å². The topological polar surface area (TPSA) is 75.4 Å². The summed E-state index contributed by atoms with van der Waals surface area (Å²) in [6.07, 6.45) is 0.644. The summed E-state index contributed by atoms with van der Waals surface area (Å²) in [6, 6.07) is 7.21. The summed E-state index contributed by atoms with van der Waals surface area (Å²) in [6.45, 7) is 0.424. The summed E-state index contributed by atoms with van der Waals surface area (Å²) >= 11 is 0. The molecule has 0 saturated carbocycles. The number of nitrogens with zero attached hydrogens (tertiary/aromatic N) is 1. The molecule has 0 aliphatic rings. The van der Waals surface area contributed by atoms with Crippen molar-refractivity contribution < 1.29 is 9.59 Å². The molecule has 0 spiro atoms. The molecule has 0 atom stereocenters.